The van der Waals surface area contributed by atoms with Gasteiger partial charge in [-0.15, -0.1) is 0 Å². The van der Waals surface area contributed by atoms with E-state index in [1.165, 1.54) is 0 Å². The largest absolute Gasteiger partial charge is 0.294 e. The molecule has 0 bridgehead atoms. The van der Waals surface area contributed by atoms with Gasteiger partial charge in [-0.2, -0.15) is 5.10 Å². The Kier molecular flexibility index (Phi) is 3.36. The second-order valence-electron chi connectivity index (χ2n) is 4.31. The van der Waals surface area contributed by atoms with Crippen molar-refractivity contribution in [1.82, 2.24) is 19.7 Å². The minimum atomic E-state index is -0.101. The molecule has 1 amide bonds. The van der Waals surface area contributed by atoms with Crippen molar-refractivity contribution in [3.05, 3.63) is 24.7 Å². The third kappa shape index (κ3) is 2.71. The third-order valence-electron chi connectivity index (χ3n) is 2.42. The Bertz CT molecular complexity index is 561. The molecule has 18 heavy (non-hydrogen) atoms. The number of nitrogens with zero attached hydrogens (tertiary/aromatic N) is 4. The normalized spacial score (nSPS) is 10.7. The molecule has 0 aliphatic rings. The van der Waals surface area contributed by atoms with Crippen LogP contribution in [0, 0.1) is 5.92 Å². The van der Waals surface area contributed by atoms with Gasteiger partial charge in [0, 0.05) is 30.9 Å². The number of carbonyl (C=O) groups is 1. The summed E-state index contributed by atoms with van der Waals surface area (Å²) in [5.74, 6) is 0.115. The zero-order valence-corrected chi connectivity index (χ0v) is 10.6. The first kappa shape index (κ1) is 12.2. The number of carbonyl (C=O) groups excluding carboxylic acids is 1. The lowest BCUT2D eigenvalue weighted by Crippen LogP contribution is -2.19. The predicted molar refractivity (Wildman–Crippen MR) is 67.7 cm³/mol. The van der Waals surface area contributed by atoms with Gasteiger partial charge in [0.15, 0.2) is 0 Å². The fourth-order valence-corrected chi connectivity index (χ4v) is 1.39. The molecule has 0 radical (unpaired) electrons. The van der Waals surface area contributed by atoms with Crippen molar-refractivity contribution in [1.29, 1.82) is 0 Å². The number of nitrogens with one attached hydrogen (secondary N) is 1. The monoisotopic (exact) mass is 245 g/mol. The number of rotatable bonds is 3. The van der Waals surface area contributed by atoms with E-state index in [1.807, 2.05) is 27.1 Å². The fourth-order valence-electron chi connectivity index (χ4n) is 1.39. The van der Waals surface area contributed by atoms with Crippen LogP contribution < -0.4 is 5.32 Å². The van der Waals surface area contributed by atoms with Crippen LogP contribution in [0.4, 0.5) is 5.95 Å². The average Bonchev–Trinajstić information content (AvgIpc) is 2.76. The smallest absolute Gasteiger partial charge is 0.229 e. The van der Waals surface area contributed by atoms with Gasteiger partial charge in [0.1, 0.15) is 0 Å². The number of anilines is 1. The van der Waals surface area contributed by atoms with E-state index in [0.29, 0.717) is 5.95 Å². The molecular formula is C12H15N5O. The third-order valence-corrected chi connectivity index (χ3v) is 2.42. The topological polar surface area (TPSA) is 72.7 Å². The minimum absolute atomic E-state index is 0.0988. The first-order valence-corrected chi connectivity index (χ1v) is 5.69. The molecule has 0 atom stereocenters. The van der Waals surface area contributed by atoms with E-state index in [9.17, 15) is 4.79 Å². The van der Waals surface area contributed by atoms with Crippen LogP contribution in [0.3, 0.4) is 0 Å². The number of hydrogen-bond donors (Lipinski definition) is 1. The van der Waals surface area contributed by atoms with E-state index in [4.69, 9.17) is 0 Å². The Morgan fingerprint density at radius 2 is 2.22 bits per heavy atom. The molecule has 6 heteroatoms. The van der Waals surface area contributed by atoms with Crippen LogP contribution in [0.1, 0.15) is 13.8 Å². The molecule has 0 spiro atoms. The Morgan fingerprint density at radius 1 is 1.44 bits per heavy atom. The van der Waals surface area contributed by atoms with E-state index in [1.54, 1.807) is 23.1 Å². The van der Waals surface area contributed by atoms with Crippen molar-refractivity contribution in [3.63, 3.8) is 0 Å². The van der Waals surface area contributed by atoms with Gasteiger partial charge in [-0.3, -0.25) is 14.8 Å². The van der Waals surface area contributed by atoms with Crippen LogP contribution >= 0.6 is 0 Å². The maximum absolute atomic E-state index is 11.6. The van der Waals surface area contributed by atoms with E-state index in [2.05, 4.69) is 20.4 Å². The van der Waals surface area contributed by atoms with Crippen molar-refractivity contribution in [2.24, 2.45) is 13.0 Å². The lowest BCUT2D eigenvalue weighted by Gasteiger charge is -2.06. The zero-order chi connectivity index (χ0) is 13.1. The SMILES string of the molecule is CC(C)C(=O)Nc1nccc(-c2cnn(C)c2)n1. The molecule has 0 saturated heterocycles. The molecule has 0 saturated carbocycles. The van der Waals surface area contributed by atoms with Gasteiger partial charge >= 0.3 is 0 Å². The van der Waals surface area contributed by atoms with Crippen LogP contribution in [0.25, 0.3) is 11.3 Å². The highest BCUT2D eigenvalue weighted by atomic mass is 16.1. The van der Waals surface area contributed by atoms with Crippen LogP contribution in [-0.4, -0.2) is 25.7 Å². The molecule has 0 fully saturated rings. The molecule has 2 aromatic rings. The van der Waals surface area contributed by atoms with Crippen LogP contribution in [0.2, 0.25) is 0 Å². The quantitative estimate of drug-likeness (QED) is 0.888. The summed E-state index contributed by atoms with van der Waals surface area (Å²) in [4.78, 5) is 19.9. The van der Waals surface area contributed by atoms with Crippen LogP contribution in [-0.2, 0) is 11.8 Å². The fraction of sp³-hybridized carbons (Fsp3) is 0.333. The molecule has 2 heterocycles. The Balaban J connectivity index is 2.23. The van der Waals surface area contributed by atoms with Crippen molar-refractivity contribution in [2.75, 3.05) is 5.32 Å². The van der Waals surface area contributed by atoms with E-state index >= 15 is 0 Å². The second-order valence-corrected chi connectivity index (χ2v) is 4.31. The zero-order valence-electron chi connectivity index (χ0n) is 10.6. The summed E-state index contributed by atoms with van der Waals surface area (Å²) in [6.07, 6.45) is 5.19. The highest BCUT2D eigenvalue weighted by molar-refractivity contribution is 5.90. The molecule has 0 aliphatic heterocycles. The molecule has 2 aromatic heterocycles. The van der Waals surface area contributed by atoms with Crippen molar-refractivity contribution in [3.8, 4) is 11.3 Å². The molecule has 6 nitrogen and oxygen atoms in total. The molecule has 0 aliphatic carbocycles. The van der Waals surface area contributed by atoms with Gasteiger partial charge in [-0.1, -0.05) is 13.8 Å². The maximum atomic E-state index is 11.6. The van der Waals surface area contributed by atoms with E-state index < -0.39 is 0 Å². The highest BCUT2D eigenvalue weighted by Gasteiger charge is 2.10. The first-order valence-electron chi connectivity index (χ1n) is 5.69. The summed E-state index contributed by atoms with van der Waals surface area (Å²) < 4.78 is 1.70. The first-order chi connectivity index (χ1) is 8.56. The van der Waals surface area contributed by atoms with Crippen LogP contribution in [0.15, 0.2) is 24.7 Å². The molecule has 2 rings (SSSR count). The molecule has 0 unspecified atom stereocenters. The molecule has 94 valence electrons. The average molecular weight is 245 g/mol. The van der Waals surface area contributed by atoms with E-state index in [0.717, 1.165) is 11.3 Å². The summed E-state index contributed by atoms with van der Waals surface area (Å²) in [6, 6.07) is 1.78. The summed E-state index contributed by atoms with van der Waals surface area (Å²) in [7, 11) is 1.84. The standard InChI is InChI=1S/C12H15N5O/c1-8(2)11(18)16-12-13-5-4-10(15-12)9-6-14-17(3)7-9/h4-8H,1-3H3,(H,13,15,16,18). The number of aryl methyl sites for hydroxylation is 1. The molecule has 1 N–H and O–H groups in total. The van der Waals surface area contributed by atoms with Gasteiger partial charge < -0.3 is 0 Å². The van der Waals surface area contributed by atoms with Gasteiger partial charge in [-0.05, 0) is 6.07 Å². The summed E-state index contributed by atoms with van der Waals surface area (Å²) >= 11 is 0. The lowest BCUT2D eigenvalue weighted by atomic mass is 10.2. The van der Waals surface area contributed by atoms with Crippen LogP contribution in [0.5, 0.6) is 0 Å². The maximum Gasteiger partial charge on any atom is 0.229 e. The van der Waals surface area contributed by atoms with Gasteiger partial charge in [0.05, 0.1) is 11.9 Å². The number of aromatic nitrogens is 4. The van der Waals surface area contributed by atoms with Gasteiger partial charge in [0.25, 0.3) is 0 Å². The second kappa shape index (κ2) is 4.95. The van der Waals surface area contributed by atoms with Crippen molar-refractivity contribution in [2.45, 2.75) is 13.8 Å². The molecular weight excluding hydrogens is 230 g/mol. The summed E-state index contributed by atoms with van der Waals surface area (Å²) in [5.41, 5.74) is 1.62. The minimum Gasteiger partial charge on any atom is -0.294 e. The van der Waals surface area contributed by atoms with E-state index in [-0.39, 0.29) is 11.8 Å². The Labute approximate surface area is 105 Å². The summed E-state index contributed by atoms with van der Waals surface area (Å²) in [6.45, 7) is 3.64. The summed E-state index contributed by atoms with van der Waals surface area (Å²) in [5, 5.41) is 6.75. The highest BCUT2D eigenvalue weighted by Crippen LogP contribution is 2.16. The lowest BCUT2D eigenvalue weighted by molar-refractivity contribution is -0.118. The Morgan fingerprint density at radius 3 is 2.83 bits per heavy atom. The van der Waals surface area contributed by atoms with Crippen molar-refractivity contribution >= 4 is 11.9 Å². The molecule has 0 aromatic carbocycles. The Hall–Kier alpha value is -2.24. The van der Waals surface area contributed by atoms with Gasteiger partial charge in [-0.25, -0.2) is 9.97 Å². The number of amides is 1. The van der Waals surface area contributed by atoms with Gasteiger partial charge in [0.2, 0.25) is 11.9 Å². The number of hydrogen-bond acceptors (Lipinski definition) is 4. The van der Waals surface area contributed by atoms with Crippen molar-refractivity contribution < 1.29 is 4.79 Å². The predicted octanol–water partition coefficient (Wildman–Crippen LogP) is 1.47.